The molecule has 4 aromatic rings. The number of amides is 1. The zero-order valence-corrected chi connectivity index (χ0v) is 19.0. The van der Waals surface area contributed by atoms with E-state index in [0.29, 0.717) is 17.8 Å². The van der Waals surface area contributed by atoms with Crippen LogP contribution in [0.15, 0.2) is 30.3 Å². The highest BCUT2D eigenvalue weighted by Gasteiger charge is 2.17. The largest absolute Gasteiger partial charge is 0.351 e. The van der Waals surface area contributed by atoms with Gasteiger partial charge >= 0.3 is 0 Å². The van der Waals surface area contributed by atoms with Crippen molar-refractivity contribution in [1.82, 2.24) is 25.1 Å². The molecule has 2 N–H and O–H groups in total. The van der Waals surface area contributed by atoms with E-state index in [-0.39, 0.29) is 5.91 Å². The van der Waals surface area contributed by atoms with Gasteiger partial charge in [-0.15, -0.1) is 21.5 Å². The second-order valence-corrected chi connectivity index (χ2v) is 9.80. The molecule has 0 aliphatic carbocycles. The minimum absolute atomic E-state index is 0.0563. The van der Waals surface area contributed by atoms with Gasteiger partial charge in [-0.3, -0.25) is 4.79 Å². The summed E-state index contributed by atoms with van der Waals surface area (Å²) in [6.07, 6.45) is 5.29. The molecule has 3 aromatic heterocycles. The Labute approximate surface area is 188 Å². The first-order valence-electron chi connectivity index (χ1n) is 10.6. The van der Waals surface area contributed by atoms with Crippen LogP contribution < -0.4 is 10.6 Å². The fourth-order valence-electron chi connectivity index (χ4n) is 3.83. The Morgan fingerprint density at radius 1 is 1.16 bits per heavy atom. The van der Waals surface area contributed by atoms with Gasteiger partial charge in [-0.1, -0.05) is 36.0 Å². The summed E-state index contributed by atoms with van der Waals surface area (Å²) in [6.45, 7) is 3.60. The van der Waals surface area contributed by atoms with Crippen molar-refractivity contribution in [3.8, 4) is 0 Å². The van der Waals surface area contributed by atoms with Gasteiger partial charge in [-0.25, -0.2) is 4.98 Å². The quantitative estimate of drug-likeness (QED) is 0.443. The lowest BCUT2D eigenvalue weighted by Crippen LogP contribution is -2.25. The van der Waals surface area contributed by atoms with Gasteiger partial charge in [0, 0.05) is 31.6 Å². The maximum Gasteiger partial charge on any atom is 0.261 e. The van der Waals surface area contributed by atoms with Crippen molar-refractivity contribution in [2.24, 2.45) is 0 Å². The van der Waals surface area contributed by atoms with E-state index in [4.69, 9.17) is 0 Å². The maximum absolute atomic E-state index is 12.6. The van der Waals surface area contributed by atoms with Crippen molar-refractivity contribution in [3.63, 3.8) is 0 Å². The summed E-state index contributed by atoms with van der Waals surface area (Å²) in [5.41, 5.74) is 2.22. The molecule has 0 spiro atoms. The van der Waals surface area contributed by atoms with E-state index in [1.165, 1.54) is 36.2 Å². The molecule has 1 aromatic carbocycles. The molecule has 31 heavy (non-hydrogen) atoms. The number of thiazole rings is 1. The second kappa shape index (κ2) is 8.76. The SMILES string of the molecule is Cc1ccccc1Nc1nc2sc(C(=O)NCCc3nnc4n3CCCCC4)cc2s1. The van der Waals surface area contributed by atoms with Gasteiger partial charge in [0.05, 0.1) is 9.58 Å². The smallest absolute Gasteiger partial charge is 0.261 e. The molecule has 0 radical (unpaired) electrons. The van der Waals surface area contributed by atoms with Crippen LogP contribution in [-0.2, 0) is 19.4 Å². The molecule has 0 bridgehead atoms. The highest BCUT2D eigenvalue weighted by atomic mass is 32.1. The number of carbonyl (C=O) groups excluding carboxylic acids is 1. The Hall–Kier alpha value is -2.78. The van der Waals surface area contributed by atoms with Crippen molar-refractivity contribution in [1.29, 1.82) is 0 Å². The molecular weight excluding hydrogens is 428 g/mol. The lowest BCUT2D eigenvalue weighted by atomic mass is 10.2. The van der Waals surface area contributed by atoms with Gasteiger partial charge in [0.15, 0.2) is 5.13 Å². The van der Waals surface area contributed by atoms with Crippen LogP contribution in [0.4, 0.5) is 10.8 Å². The number of hydrogen-bond acceptors (Lipinski definition) is 7. The summed E-state index contributed by atoms with van der Waals surface area (Å²) in [5.74, 6) is 2.00. The molecule has 0 fully saturated rings. The van der Waals surface area contributed by atoms with E-state index in [1.807, 2.05) is 24.3 Å². The fourth-order valence-corrected chi connectivity index (χ4v) is 5.88. The van der Waals surface area contributed by atoms with Crippen molar-refractivity contribution in [2.45, 2.75) is 45.6 Å². The predicted molar refractivity (Wildman–Crippen MR) is 126 cm³/mol. The van der Waals surface area contributed by atoms with Crippen molar-refractivity contribution in [3.05, 3.63) is 52.4 Å². The highest BCUT2D eigenvalue weighted by molar-refractivity contribution is 7.29. The Morgan fingerprint density at radius 2 is 2.06 bits per heavy atom. The molecule has 0 saturated heterocycles. The van der Waals surface area contributed by atoms with Gasteiger partial charge in [-0.2, -0.15) is 0 Å². The molecule has 0 saturated carbocycles. The summed E-state index contributed by atoms with van der Waals surface area (Å²) in [7, 11) is 0. The number of nitrogens with one attached hydrogen (secondary N) is 2. The van der Waals surface area contributed by atoms with Crippen LogP contribution in [0.1, 0.15) is 46.1 Å². The molecule has 1 aliphatic rings. The lowest BCUT2D eigenvalue weighted by molar-refractivity contribution is 0.0958. The zero-order valence-electron chi connectivity index (χ0n) is 17.4. The normalized spacial score (nSPS) is 13.7. The van der Waals surface area contributed by atoms with Gasteiger partial charge in [0.25, 0.3) is 5.91 Å². The van der Waals surface area contributed by atoms with Gasteiger partial charge < -0.3 is 15.2 Å². The van der Waals surface area contributed by atoms with E-state index in [0.717, 1.165) is 45.0 Å². The molecule has 4 heterocycles. The average molecular weight is 453 g/mol. The zero-order chi connectivity index (χ0) is 21.2. The maximum atomic E-state index is 12.6. The average Bonchev–Trinajstić information content (AvgIpc) is 3.38. The second-order valence-electron chi connectivity index (χ2n) is 7.74. The Balaban J connectivity index is 1.20. The topological polar surface area (TPSA) is 84.7 Å². The number of nitrogens with zero attached hydrogens (tertiary/aromatic N) is 4. The summed E-state index contributed by atoms with van der Waals surface area (Å²) >= 11 is 2.99. The Kier molecular flexibility index (Phi) is 5.69. The summed E-state index contributed by atoms with van der Waals surface area (Å²) in [4.78, 5) is 18.9. The van der Waals surface area contributed by atoms with Crippen LogP contribution >= 0.6 is 22.7 Å². The van der Waals surface area contributed by atoms with Crippen LogP contribution in [0.3, 0.4) is 0 Å². The predicted octanol–water partition coefficient (Wildman–Crippen LogP) is 4.70. The first-order chi connectivity index (χ1) is 15.2. The van der Waals surface area contributed by atoms with Gasteiger partial charge in [-0.05, 0) is 37.5 Å². The Morgan fingerprint density at radius 3 is 2.94 bits per heavy atom. The van der Waals surface area contributed by atoms with E-state index in [1.54, 1.807) is 11.3 Å². The molecule has 7 nitrogen and oxygen atoms in total. The van der Waals surface area contributed by atoms with Crippen molar-refractivity contribution < 1.29 is 4.79 Å². The number of anilines is 2. The monoisotopic (exact) mass is 452 g/mol. The molecular formula is C22H24N6OS2. The highest BCUT2D eigenvalue weighted by Crippen LogP contribution is 2.34. The van der Waals surface area contributed by atoms with Crippen LogP contribution in [0, 0.1) is 6.92 Å². The third-order valence-corrected chi connectivity index (χ3v) is 7.59. The summed E-state index contributed by atoms with van der Waals surface area (Å²) in [5, 5.41) is 15.9. The number of fused-ring (bicyclic) bond motifs is 2. The van der Waals surface area contributed by atoms with Gasteiger partial charge in [0.2, 0.25) is 0 Å². The molecule has 1 aliphatic heterocycles. The first-order valence-corrected chi connectivity index (χ1v) is 12.2. The first kappa shape index (κ1) is 20.1. The molecule has 9 heteroatoms. The number of rotatable bonds is 6. The molecule has 160 valence electrons. The van der Waals surface area contributed by atoms with E-state index in [9.17, 15) is 4.79 Å². The van der Waals surface area contributed by atoms with Crippen LogP contribution in [0.2, 0.25) is 0 Å². The number of aromatic nitrogens is 4. The van der Waals surface area contributed by atoms with Crippen LogP contribution in [0.5, 0.6) is 0 Å². The number of para-hydroxylation sites is 1. The molecule has 1 amide bonds. The summed E-state index contributed by atoms with van der Waals surface area (Å²) < 4.78 is 3.25. The third-order valence-electron chi connectivity index (χ3n) is 5.52. The third kappa shape index (κ3) is 4.33. The lowest BCUT2D eigenvalue weighted by Gasteiger charge is -2.07. The number of aryl methyl sites for hydroxylation is 2. The van der Waals surface area contributed by atoms with Crippen LogP contribution in [0.25, 0.3) is 9.53 Å². The van der Waals surface area contributed by atoms with E-state index < -0.39 is 0 Å². The molecule has 5 rings (SSSR count). The minimum Gasteiger partial charge on any atom is -0.351 e. The molecule has 0 unspecified atom stereocenters. The fraction of sp³-hybridized carbons (Fsp3) is 0.364. The van der Waals surface area contributed by atoms with Crippen LogP contribution in [-0.4, -0.2) is 32.2 Å². The van der Waals surface area contributed by atoms with E-state index in [2.05, 4.69) is 43.4 Å². The molecule has 0 atom stereocenters. The van der Waals surface area contributed by atoms with E-state index >= 15 is 0 Å². The number of benzene rings is 1. The summed E-state index contributed by atoms with van der Waals surface area (Å²) in [6, 6.07) is 10.1. The van der Waals surface area contributed by atoms with Crippen molar-refractivity contribution in [2.75, 3.05) is 11.9 Å². The number of hydrogen-bond donors (Lipinski definition) is 2. The number of thiophene rings is 1. The Bertz CT molecular complexity index is 1190. The minimum atomic E-state index is -0.0563. The number of carbonyl (C=O) groups is 1. The van der Waals surface area contributed by atoms with Crippen molar-refractivity contribution >= 4 is 48.9 Å². The standard InChI is InChI=1S/C22H24N6OS2/c1-14-7-4-5-8-15(14)24-22-25-21-17(31-22)13-16(30-21)20(29)23-11-10-19-27-26-18-9-3-2-6-12-28(18)19/h4-5,7-8,13H,2-3,6,9-12H2,1H3,(H,23,29)(H,24,25). The van der Waals surface area contributed by atoms with Gasteiger partial charge in [0.1, 0.15) is 16.5 Å².